The van der Waals surface area contributed by atoms with E-state index in [1.807, 2.05) is 0 Å². The highest BCUT2D eigenvalue weighted by Crippen LogP contribution is 2.17. The van der Waals surface area contributed by atoms with Gasteiger partial charge in [0.2, 0.25) is 0 Å². The van der Waals surface area contributed by atoms with Gasteiger partial charge in [-0.1, -0.05) is 6.92 Å². The number of carbonyl (C=O) groups is 3. The average molecular weight is 188 g/mol. The third kappa shape index (κ3) is 2.85. The fourth-order valence-electron chi connectivity index (χ4n) is 1.18. The van der Waals surface area contributed by atoms with E-state index in [0.717, 1.165) is 6.92 Å². The second-order valence-corrected chi connectivity index (χ2v) is 2.78. The van der Waals surface area contributed by atoms with E-state index in [1.54, 1.807) is 0 Å². The Bertz CT molecular complexity index is 219. The molecule has 0 aromatic carbocycles. The zero-order valence-corrected chi connectivity index (χ0v) is 7.48. The Balaban J connectivity index is 4.80. The third-order valence-corrected chi connectivity index (χ3v) is 1.86. The molecule has 0 aliphatic heterocycles. The minimum Gasteiger partial charge on any atom is -0.481 e. The maximum absolute atomic E-state index is 10.8. The van der Waals surface area contributed by atoms with E-state index in [9.17, 15) is 14.4 Å². The summed E-state index contributed by atoms with van der Waals surface area (Å²) in [6.07, 6.45) is 0.131. The van der Waals surface area contributed by atoms with Gasteiger partial charge in [0.25, 0.3) is 0 Å². The molecule has 0 bridgehead atoms. The highest BCUT2D eigenvalue weighted by atomic mass is 16.4. The van der Waals surface area contributed by atoms with Crippen molar-refractivity contribution < 1.29 is 24.6 Å². The predicted octanol–water partition coefficient (Wildman–Crippen LogP) is 0.387. The van der Waals surface area contributed by atoms with E-state index in [0.29, 0.717) is 0 Å². The minimum atomic E-state index is -1.43. The van der Waals surface area contributed by atoms with Gasteiger partial charge in [0.05, 0.1) is 5.92 Å². The van der Waals surface area contributed by atoms with Gasteiger partial charge in [-0.2, -0.15) is 0 Å². The Morgan fingerprint density at radius 2 is 1.62 bits per heavy atom. The first-order valence-electron chi connectivity index (χ1n) is 3.87. The Kier molecular flexibility index (Phi) is 4.10. The fourth-order valence-corrected chi connectivity index (χ4v) is 1.18. The summed E-state index contributed by atoms with van der Waals surface area (Å²) in [4.78, 5) is 32.0. The third-order valence-electron chi connectivity index (χ3n) is 1.86. The second kappa shape index (κ2) is 4.59. The number of carboxylic acid groups (broad SMARTS) is 2. The largest absolute Gasteiger partial charge is 0.481 e. The van der Waals surface area contributed by atoms with Crippen molar-refractivity contribution in [2.45, 2.75) is 20.3 Å². The van der Waals surface area contributed by atoms with Gasteiger partial charge in [0.1, 0.15) is 11.7 Å². The quantitative estimate of drug-likeness (QED) is 0.609. The Hall–Kier alpha value is -1.39. The zero-order valence-electron chi connectivity index (χ0n) is 7.48. The molecule has 0 fully saturated rings. The van der Waals surface area contributed by atoms with Gasteiger partial charge in [0, 0.05) is 0 Å². The van der Waals surface area contributed by atoms with Crippen LogP contribution in [0.1, 0.15) is 20.3 Å². The summed E-state index contributed by atoms with van der Waals surface area (Å²) in [6.45, 7) is 2.63. The molecule has 0 amide bonds. The Labute approximate surface area is 75.4 Å². The molecule has 0 aromatic heterocycles. The second-order valence-electron chi connectivity index (χ2n) is 2.78. The Morgan fingerprint density at radius 1 is 1.15 bits per heavy atom. The minimum absolute atomic E-state index is 0.131. The van der Waals surface area contributed by atoms with Crippen LogP contribution in [0.4, 0.5) is 0 Å². The number of carbonyl (C=O) groups excluding carboxylic acids is 1. The molecular formula is C8H12O5. The molecule has 5 heteroatoms. The van der Waals surface area contributed by atoms with Gasteiger partial charge >= 0.3 is 11.9 Å². The van der Waals surface area contributed by atoms with E-state index in [-0.39, 0.29) is 6.42 Å². The maximum Gasteiger partial charge on any atom is 0.314 e. The lowest BCUT2D eigenvalue weighted by molar-refractivity contribution is -0.157. The van der Waals surface area contributed by atoms with E-state index < -0.39 is 29.6 Å². The van der Waals surface area contributed by atoms with E-state index >= 15 is 0 Å². The van der Waals surface area contributed by atoms with Crippen molar-refractivity contribution in [2.75, 3.05) is 0 Å². The molecule has 0 heterocycles. The zero-order chi connectivity index (χ0) is 10.6. The molecule has 2 N–H and O–H groups in total. The predicted molar refractivity (Wildman–Crippen MR) is 43.2 cm³/mol. The highest BCUT2D eigenvalue weighted by Gasteiger charge is 2.35. The molecule has 13 heavy (non-hydrogen) atoms. The van der Waals surface area contributed by atoms with Crippen molar-refractivity contribution in [3.8, 4) is 0 Å². The van der Waals surface area contributed by atoms with E-state index in [4.69, 9.17) is 10.2 Å². The van der Waals surface area contributed by atoms with E-state index in [1.165, 1.54) is 6.92 Å². The lowest BCUT2D eigenvalue weighted by atomic mass is 9.87. The number of hydrogen-bond donors (Lipinski definition) is 2. The first kappa shape index (κ1) is 11.6. The lowest BCUT2D eigenvalue weighted by Gasteiger charge is -2.15. The van der Waals surface area contributed by atoms with Crippen molar-refractivity contribution in [3.05, 3.63) is 0 Å². The summed E-state index contributed by atoms with van der Waals surface area (Å²) in [5.74, 6) is -5.80. The SMILES string of the molecule is CCC(C(=O)O)C(C(C)=O)C(=O)O. The lowest BCUT2D eigenvalue weighted by Crippen LogP contribution is -2.34. The summed E-state index contributed by atoms with van der Waals surface area (Å²) < 4.78 is 0. The monoisotopic (exact) mass is 188 g/mol. The van der Waals surface area contributed by atoms with Crippen LogP contribution in [0.25, 0.3) is 0 Å². The molecule has 0 radical (unpaired) electrons. The molecule has 2 atom stereocenters. The molecular weight excluding hydrogens is 176 g/mol. The van der Waals surface area contributed by atoms with Crippen molar-refractivity contribution in [3.63, 3.8) is 0 Å². The fraction of sp³-hybridized carbons (Fsp3) is 0.625. The van der Waals surface area contributed by atoms with Crippen molar-refractivity contribution in [2.24, 2.45) is 11.8 Å². The molecule has 0 aliphatic carbocycles. The number of carboxylic acids is 2. The number of hydrogen-bond acceptors (Lipinski definition) is 3. The van der Waals surface area contributed by atoms with Crippen molar-refractivity contribution >= 4 is 17.7 Å². The number of rotatable bonds is 5. The van der Waals surface area contributed by atoms with Gasteiger partial charge in [-0.3, -0.25) is 14.4 Å². The van der Waals surface area contributed by atoms with Crippen LogP contribution in [0.5, 0.6) is 0 Å². The Morgan fingerprint density at radius 3 is 1.69 bits per heavy atom. The normalized spacial score (nSPS) is 14.6. The van der Waals surface area contributed by atoms with Gasteiger partial charge in [-0.25, -0.2) is 0 Å². The molecule has 0 rings (SSSR count). The number of ketones is 1. The van der Waals surface area contributed by atoms with Crippen LogP contribution in [-0.2, 0) is 14.4 Å². The standard InChI is InChI=1S/C8H12O5/c1-3-5(7(10)11)6(4(2)9)8(12)13/h5-6H,3H2,1-2H3,(H,10,11)(H,12,13). The summed E-state index contributed by atoms with van der Waals surface area (Å²) in [6, 6.07) is 0. The van der Waals surface area contributed by atoms with E-state index in [2.05, 4.69) is 0 Å². The van der Waals surface area contributed by atoms with Crippen LogP contribution >= 0.6 is 0 Å². The molecule has 2 unspecified atom stereocenters. The smallest absolute Gasteiger partial charge is 0.314 e. The van der Waals surface area contributed by atoms with Gasteiger partial charge in [-0.05, 0) is 13.3 Å². The first-order chi connectivity index (χ1) is 5.91. The molecule has 0 saturated heterocycles. The van der Waals surface area contributed by atoms with Crippen LogP contribution in [-0.4, -0.2) is 27.9 Å². The summed E-state index contributed by atoms with van der Waals surface area (Å²) in [5.41, 5.74) is 0. The van der Waals surface area contributed by atoms with Crippen LogP contribution < -0.4 is 0 Å². The number of Topliss-reactive ketones (excluding diaryl/α,β-unsaturated/α-hetero) is 1. The molecule has 0 aliphatic rings. The summed E-state index contributed by atoms with van der Waals surface area (Å²) >= 11 is 0. The van der Waals surface area contributed by atoms with Gasteiger partial charge in [-0.15, -0.1) is 0 Å². The molecule has 0 spiro atoms. The summed E-state index contributed by atoms with van der Waals surface area (Å²) in [5, 5.41) is 17.2. The van der Waals surface area contributed by atoms with Crippen LogP contribution in [0.15, 0.2) is 0 Å². The van der Waals surface area contributed by atoms with Crippen molar-refractivity contribution in [1.29, 1.82) is 0 Å². The molecule has 74 valence electrons. The van der Waals surface area contributed by atoms with Gasteiger partial charge < -0.3 is 10.2 Å². The average Bonchev–Trinajstić information content (AvgIpc) is 1.97. The molecule has 0 aromatic rings. The van der Waals surface area contributed by atoms with Crippen LogP contribution in [0.2, 0.25) is 0 Å². The maximum atomic E-state index is 10.8. The first-order valence-corrected chi connectivity index (χ1v) is 3.87. The summed E-state index contributed by atoms with van der Waals surface area (Å²) in [7, 11) is 0. The van der Waals surface area contributed by atoms with Crippen LogP contribution in [0, 0.1) is 11.8 Å². The van der Waals surface area contributed by atoms with Crippen LogP contribution in [0.3, 0.4) is 0 Å². The van der Waals surface area contributed by atoms with Gasteiger partial charge in [0.15, 0.2) is 0 Å². The molecule has 0 saturated carbocycles. The molecule has 5 nitrogen and oxygen atoms in total. The van der Waals surface area contributed by atoms with Crippen molar-refractivity contribution in [1.82, 2.24) is 0 Å². The topological polar surface area (TPSA) is 91.7 Å². The highest BCUT2D eigenvalue weighted by molar-refractivity contribution is 6.00. The number of aliphatic carboxylic acids is 2.